The molecule has 0 spiro atoms. The molecule has 6 heteroatoms. The highest BCUT2D eigenvalue weighted by Crippen LogP contribution is 2.39. The topological polar surface area (TPSA) is 107 Å². The monoisotopic (exact) mass is 370 g/mol. The van der Waals surface area contributed by atoms with E-state index in [9.17, 15) is 25.2 Å². The Hall–Kier alpha value is -3.41. The Labute approximate surface area is 157 Å². The van der Waals surface area contributed by atoms with Gasteiger partial charge in [-0.25, -0.2) is 0 Å². The zero-order chi connectivity index (χ0) is 20.1. The van der Waals surface area contributed by atoms with Crippen molar-refractivity contribution in [1.29, 1.82) is 0 Å². The van der Waals surface area contributed by atoms with Crippen molar-refractivity contribution in [3.63, 3.8) is 0 Å². The molecular weight excluding hydrogens is 348 g/mol. The second-order valence-electron chi connectivity index (χ2n) is 6.20. The van der Waals surface area contributed by atoms with Crippen LogP contribution in [-0.4, -0.2) is 33.3 Å². The lowest BCUT2D eigenvalue weighted by Crippen LogP contribution is -2.00. The summed E-state index contributed by atoms with van der Waals surface area (Å²) >= 11 is 0. The number of aromatic hydroxyl groups is 4. The van der Waals surface area contributed by atoms with Crippen LogP contribution in [0.1, 0.15) is 34.8 Å². The van der Waals surface area contributed by atoms with Gasteiger partial charge in [0.05, 0.1) is 7.11 Å². The summed E-state index contributed by atoms with van der Waals surface area (Å²) in [7, 11) is 1.43. The van der Waals surface area contributed by atoms with Crippen LogP contribution in [0.3, 0.4) is 0 Å². The lowest BCUT2D eigenvalue weighted by atomic mass is 9.98. The number of benzene rings is 2. The molecule has 0 atom stereocenters. The second-order valence-corrected chi connectivity index (χ2v) is 6.20. The van der Waals surface area contributed by atoms with Crippen LogP contribution in [0, 0.1) is 0 Å². The number of carbonyl (C=O) groups excluding carboxylic acids is 1. The lowest BCUT2D eigenvalue weighted by Gasteiger charge is -2.12. The van der Waals surface area contributed by atoms with E-state index in [0.717, 1.165) is 17.7 Å². The van der Waals surface area contributed by atoms with Crippen molar-refractivity contribution >= 4 is 11.9 Å². The third-order valence-corrected chi connectivity index (χ3v) is 4.04. The van der Waals surface area contributed by atoms with E-state index in [1.165, 1.54) is 19.3 Å². The first-order valence-electron chi connectivity index (χ1n) is 8.25. The summed E-state index contributed by atoms with van der Waals surface area (Å²) in [4.78, 5) is 12.5. The van der Waals surface area contributed by atoms with Gasteiger partial charge >= 0.3 is 0 Å². The van der Waals surface area contributed by atoms with Gasteiger partial charge in [0.25, 0.3) is 0 Å². The van der Waals surface area contributed by atoms with Crippen molar-refractivity contribution in [1.82, 2.24) is 0 Å². The SMILES string of the molecule is C=C(C)CCc1c(O)cc(O)c(C(=O)/C=C/c2ccc(OC)c(O)c2)c1O. The molecule has 4 N–H and O–H groups in total. The maximum absolute atomic E-state index is 12.5. The van der Waals surface area contributed by atoms with Gasteiger partial charge in [-0.1, -0.05) is 17.7 Å². The van der Waals surface area contributed by atoms with E-state index >= 15 is 0 Å². The van der Waals surface area contributed by atoms with Crippen LogP contribution in [0.15, 0.2) is 42.5 Å². The maximum atomic E-state index is 12.5. The van der Waals surface area contributed by atoms with Crippen LogP contribution < -0.4 is 4.74 Å². The summed E-state index contributed by atoms with van der Waals surface area (Å²) < 4.78 is 4.95. The Morgan fingerprint density at radius 2 is 1.81 bits per heavy atom. The molecule has 6 nitrogen and oxygen atoms in total. The van der Waals surface area contributed by atoms with Gasteiger partial charge in [0.1, 0.15) is 22.8 Å². The molecule has 0 radical (unpaired) electrons. The summed E-state index contributed by atoms with van der Waals surface area (Å²) in [5.41, 5.74) is 1.27. The highest BCUT2D eigenvalue weighted by molar-refractivity contribution is 6.10. The maximum Gasteiger partial charge on any atom is 0.193 e. The normalized spacial score (nSPS) is 10.9. The fraction of sp³-hybridized carbons (Fsp3) is 0.190. The van der Waals surface area contributed by atoms with Crippen molar-refractivity contribution in [3.8, 4) is 28.7 Å². The third-order valence-electron chi connectivity index (χ3n) is 4.04. The molecule has 0 aliphatic heterocycles. The predicted octanol–water partition coefficient (Wildman–Crippen LogP) is 3.92. The van der Waals surface area contributed by atoms with Gasteiger partial charge in [0, 0.05) is 11.6 Å². The van der Waals surface area contributed by atoms with Gasteiger partial charge in [-0.05, 0) is 43.5 Å². The molecule has 142 valence electrons. The highest BCUT2D eigenvalue weighted by atomic mass is 16.5. The molecule has 2 rings (SSSR count). The molecule has 0 saturated heterocycles. The standard InChI is InChI=1S/C21H22O6/c1-12(2)4-7-14-16(23)11-18(25)20(21(14)26)15(22)8-5-13-6-9-19(27-3)17(24)10-13/h5-6,8-11,23-26H,1,4,7H2,2-3H3/b8-5+. The van der Waals surface area contributed by atoms with Crippen LogP contribution in [0.25, 0.3) is 6.08 Å². The summed E-state index contributed by atoms with van der Waals surface area (Å²) in [5, 5.41) is 40.1. The van der Waals surface area contributed by atoms with E-state index in [4.69, 9.17) is 4.74 Å². The zero-order valence-electron chi connectivity index (χ0n) is 15.2. The first-order valence-corrected chi connectivity index (χ1v) is 8.25. The van der Waals surface area contributed by atoms with Crippen LogP contribution in [0.2, 0.25) is 0 Å². The van der Waals surface area contributed by atoms with Gasteiger partial charge in [-0.15, -0.1) is 6.58 Å². The summed E-state index contributed by atoms with van der Waals surface area (Å²) in [6.07, 6.45) is 3.39. The van der Waals surface area contributed by atoms with Crippen molar-refractivity contribution in [2.45, 2.75) is 19.8 Å². The Balaban J connectivity index is 2.33. The highest BCUT2D eigenvalue weighted by Gasteiger charge is 2.21. The molecular formula is C21H22O6. The lowest BCUT2D eigenvalue weighted by molar-refractivity contribution is 0.104. The van der Waals surface area contributed by atoms with E-state index in [2.05, 4.69) is 6.58 Å². The van der Waals surface area contributed by atoms with Crippen LogP contribution in [0.5, 0.6) is 28.7 Å². The molecule has 0 fully saturated rings. The largest absolute Gasteiger partial charge is 0.507 e. The number of phenolic OH excluding ortho intramolecular Hbond substituents is 4. The van der Waals surface area contributed by atoms with E-state index < -0.39 is 17.3 Å². The second kappa shape index (κ2) is 8.31. The molecule has 2 aromatic rings. The molecule has 0 saturated carbocycles. The first-order chi connectivity index (χ1) is 12.7. The number of phenols is 4. The number of hydrogen-bond donors (Lipinski definition) is 4. The quantitative estimate of drug-likeness (QED) is 0.334. The molecule has 0 aliphatic carbocycles. The minimum Gasteiger partial charge on any atom is -0.507 e. The molecule has 0 unspecified atom stereocenters. The van der Waals surface area contributed by atoms with Crippen LogP contribution >= 0.6 is 0 Å². The van der Waals surface area contributed by atoms with Gasteiger partial charge < -0.3 is 25.2 Å². The fourth-order valence-electron chi connectivity index (χ4n) is 2.58. The number of ketones is 1. The van der Waals surface area contributed by atoms with Crippen molar-refractivity contribution in [2.24, 2.45) is 0 Å². The van der Waals surface area contributed by atoms with Crippen molar-refractivity contribution < 1.29 is 30.0 Å². The molecule has 0 aromatic heterocycles. The number of ether oxygens (including phenoxy) is 1. The first kappa shape index (κ1) is 19.9. The fourth-order valence-corrected chi connectivity index (χ4v) is 2.58. The predicted molar refractivity (Wildman–Crippen MR) is 103 cm³/mol. The Morgan fingerprint density at radius 3 is 2.41 bits per heavy atom. The summed E-state index contributed by atoms with van der Waals surface area (Å²) in [6, 6.07) is 5.63. The van der Waals surface area contributed by atoms with E-state index in [1.54, 1.807) is 12.1 Å². The molecule has 0 aliphatic rings. The zero-order valence-corrected chi connectivity index (χ0v) is 15.2. The van der Waals surface area contributed by atoms with Gasteiger partial charge in [0.15, 0.2) is 17.3 Å². The number of methoxy groups -OCH3 is 1. The summed E-state index contributed by atoms with van der Waals surface area (Å²) in [5.74, 6) is -1.68. The van der Waals surface area contributed by atoms with E-state index in [0.29, 0.717) is 17.7 Å². The number of hydrogen-bond acceptors (Lipinski definition) is 6. The van der Waals surface area contributed by atoms with E-state index in [-0.39, 0.29) is 29.0 Å². The average Bonchev–Trinajstić information content (AvgIpc) is 2.59. The third kappa shape index (κ3) is 4.61. The Kier molecular flexibility index (Phi) is 6.13. The van der Waals surface area contributed by atoms with Gasteiger partial charge in [-0.3, -0.25) is 4.79 Å². The minimum atomic E-state index is -0.642. The Bertz CT molecular complexity index is 911. The minimum absolute atomic E-state index is 0.0792. The average molecular weight is 370 g/mol. The van der Waals surface area contributed by atoms with Crippen molar-refractivity contribution in [3.05, 3.63) is 59.2 Å². The Morgan fingerprint density at radius 1 is 1.11 bits per heavy atom. The summed E-state index contributed by atoms with van der Waals surface area (Å²) in [6.45, 7) is 5.58. The number of carbonyl (C=O) groups is 1. The molecule has 2 aromatic carbocycles. The van der Waals surface area contributed by atoms with Crippen LogP contribution in [0.4, 0.5) is 0 Å². The van der Waals surface area contributed by atoms with Gasteiger partial charge in [0.2, 0.25) is 0 Å². The van der Waals surface area contributed by atoms with Gasteiger partial charge in [-0.2, -0.15) is 0 Å². The molecule has 27 heavy (non-hydrogen) atoms. The molecule has 0 amide bonds. The van der Waals surface area contributed by atoms with E-state index in [1.807, 2.05) is 6.92 Å². The molecule has 0 heterocycles. The van der Waals surface area contributed by atoms with Crippen molar-refractivity contribution in [2.75, 3.05) is 7.11 Å². The van der Waals surface area contributed by atoms with Crippen LogP contribution in [-0.2, 0) is 6.42 Å². The number of allylic oxidation sites excluding steroid dienone is 2. The molecule has 0 bridgehead atoms. The smallest absolute Gasteiger partial charge is 0.193 e. The number of rotatable bonds is 7.